The van der Waals surface area contributed by atoms with E-state index in [9.17, 15) is 9.59 Å². The number of hydrogen-bond donors (Lipinski definition) is 2. The lowest BCUT2D eigenvalue weighted by atomic mass is 9.95. The number of aromatic amines is 1. The monoisotopic (exact) mass is 355 g/mol. The molecule has 3 heterocycles. The Labute approximate surface area is 153 Å². The molecule has 0 unspecified atom stereocenters. The molecule has 1 atom stereocenters. The fourth-order valence-electron chi connectivity index (χ4n) is 3.12. The van der Waals surface area contributed by atoms with E-state index in [1.54, 1.807) is 23.4 Å². The van der Waals surface area contributed by atoms with Gasteiger partial charge in [0.05, 0.1) is 11.6 Å². The Bertz CT molecular complexity index is 779. The van der Waals surface area contributed by atoms with E-state index in [0.717, 1.165) is 18.4 Å². The van der Waals surface area contributed by atoms with Gasteiger partial charge in [-0.05, 0) is 51.8 Å². The number of carbonyl (C=O) groups is 2. The van der Waals surface area contributed by atoms with Crippen LogP contribution in [0.2, 0.25) is 0 Å². The van der Waals surface area contributed by atoms with Crippen molar-refractivity contribution < 1.29 is 9.59 Å². The highest BCUT2D eigenvalue weighted by Crippen LogP contribution is 2.21. The second-order valence-electron chi connectivity index (χ2n) is 7.73. The number of piperidine rings is 1. The summed E-state index contributed by atoms with van der Waals surface area (Å²) in [5, 5.41) is 10.1. The van der Waals surface area contributed by atoms with Gasteiger partial charge in [-0.2, -0.15) is 5.10 Å². The molecule has 0 aliphatic carbocycles. The van der Waals surface area contributed by atoms with Gasteiger partial charge in [-0.15, -0.1) is 0 Å². The Morgan fingerprint density at radius 1 is 1.27 bits per heavy atom. The van der Waals surface area contributed by atoms with Crippen LogP contribution in [-0.4, -0.2) is 50.5 Å². The number of carbonyl (C=O) groups excluding carboxylic acids is 2. The Kier molecular flexibility index (Phi) is 5.06. The first-order valence-electron chi connectivity index (χ1n) is 8.90. The molecule has 7 heteroatoms. The lowest BCUT2D eigenvalue weighted by Crippen LogP contribution is -2.49. The molecular formula is C19H25N5O2. The van der Waals surface area contributed by atoms with Gasteiger partial charge in [0, 0.05) is 36.6 Å². The number of pyridine rings is 1. The average molecular weight is 355 g/mol. The zero-order chi connectivity index (χ0) is 18.7. The summed E-state index contributed by atoms with van der Waals surface area (Å²) in [6, 6.07) is 5.44. The van der Waals surface area contributed by atoms with E-state index in [0.29, 0.717) is 24.5 Å². The fraction of sp³-hybridized carbons (Fsp3) is 0.474. The van der Waals surface area contributed by atoms with E-state index in [4.69, 9.17) is 0 Å². The van der Waals surface area contributed by atoms with Crippen LogP contribution in [0.5, 0.6) is 0 Å². The van der Waals surface area contributed by atoms with Crippen molar-refractivity contribution in [1.82, 2.24) is 25.4 Å². The molecule has 138 valence electrons. The Hall–Kier alpha value is -2.70. The van der Waals surface area contributed by atoms with E-state index in [1.165, 1.54) is 0 Å². The van der Waals surface area contributed by atoms with Gasteiger partial charge in [-0.1, -0.05) is 0 Å². The van der Waals surface area contributed by atoms with E-state index in [2.05, 4.69) is 20.5 Å². The quantitative estimate of drug-likeness (QED) is 0.883. The third-order valence-electron chi connectivity index (χ3n) is 4.36. The number of likely N-dealkylation sites (tertiary alicyclic amines) is 1. The molecule has 0 saturated carbocycles. The van der Waals surface area contributed by atoms with Crippen LogP contribution in [0.4, 0.5) is 0 Å². The van der Waals surface area contributed by atoms with E-state index < -0.39 is 0 Å². The SMILES string of the molecule is CC(C)(C)NC(=O)[C@H]1CCCN(C(=O)c2cc(-c3ccncc3)n[nH]2)C1. The molecule has 2 N–H and O–H groups in total. The van der Waals surface area contributed by atoms with E-state index in [1.807, 2.05) is 32.9 Å². The minimum atomic E-state index is -0.272. The minimum Gasteiger partial charge on any atom is -0.351 e. The summed E-state index contributed by atoms with van der Waals surface area (Å²) < 4.78 is 0. The maximum absolute atomic E-state index is 12.8. The van der Waals surface area contributed by atoms with Gasteiger partial charge >= 0.3 is 0 Å². The molecule has 2 amide bonds. The standard InChI is InChI=1S/C19H25N5O2/c1-19(2,3)21-17(25)14-5-4-10-24(12-14)18(26)16-11-15(22-23-16)13-6-8-20-9-7-13/h6-9,11,14H,4-5,10,12H2,1-3H3,(H,21,25)(H,22,23)/t14-/m0/s1. The first-order chi connectivity index (χ1) is 12.3. The van der Waals surface area contributed by atoms with E-state index in [-0.39, 0.29) is 23.3 Å². The number of nitrogens with one attached hydrogen (secondary N) is 2. The average Bonchev–Trinajstić information content (AvgIpc) is 3.10. The van der Waals surface area contributed by atoms with Crippen LogP contribution >= 0.6 is 0 Å². The van der Waals surface area contributed by atoms with Crippen LogP contribution in [-0.2, 0) is 4.79 Å². The highest BCUT2D eigenvalue weighted by molar-refractivity contribution is 5.94. The molecule has 0 radical (unpaired) electrons. The second kappa shape index (κ2) is 7.27. The molecule has 1 fully saturated rings. The molecule has 26 heavy (non-hydrogen) atoms. The molecule has 1 aliphatic heterocycles. The fourth-order valence-corrected chi connectivity index (χ4v) is 3.12. The first kappa shape index (κ1) is 18.1. The van der Waals surface area contributed by atoms with Crippen molar-refractivity contribution in [2.24, 2.45) is 5.92 Å². The minimum absolute atomic E-state index is 0.0112. The lowest BCUT2D eigenvalue weighted by molar-refractivity contribution is -0.127. The number of rotatable bonds is 3. The summed E-state index contributed by atoms with van der Waals surface area (Å²) in [5.41, 5.74) is 1.77. The van der Waals surface area contributed by atoms with Crippen LogP contribution in [0.3, 0.4) is 0 Å². The molecule has 2 aromatic rings. The smallest absolute Gasteiger partial charge is 0.271 e. The van der Waals surface area contributed by atoms with Crippen molar-refractivity contribution in [3.8, 4) is 11.3 Å². The third kappa shape index (κ3) is 4.28. The zero-order valence-electron chi connectivity index (χ0n) is 15.5. The topological polar surface area (TPSA) is 91.0 Å². The molecule has 3 rings (SSSR count). The molecule has 1 saturated heterocycles. The Morgan fingerprint density at radius 3 is 2.69 bits per heavy atom. The molecule has 0 spiro atoms. The molecule has 0 aromatic carbocycles. The molecule has 1 aliphatic rings. The summed E-state index contributed by atoms with van der Waals surface area (Å²) >= 11 is 0. The van der Waals surface area contributed by atoms with Crippen LogP contribution in [0.1, 0.15) is 44.1 Å². The van der Waals surface area contributed by atoms with Crippen LogP contribution < -0.4 is 5.32 Å². The Balaban J connectivity index is 1.68. The largest absolute Gasteiger partial charge is 0.351 e. The highest BCUT2D eigenvalue weighted by Gasteiger charge is 2.31. The number of aromatic nitrogens is 3. The lowest BCUT2D eigenvalue weighted by Gasteiger charge is -2.33. The van der Waals surface area contributed by atoms with Gasteiger partial charge in [-0.3, -0.25) is 19.7 Å². The van der Waals surface area contributed by atoms with Crippen LogP contribution in [0.25, 0.3) is 11.3 Å². The van der Waals surface area contributed by atoms with Crippen LogP contribution in [0.15, 0.2) is 30.6 Å². The Morgan fingerprint density at radius 2 is 2.00 bits per heavy atom. The molecular weight excluding hydrogens is 330 g/mol. The predicted molar refractivity (Wildman–Crippen MR) is 98.3 cm³/mol. The van der Waals surface area contributed by atoms with E-state index >= 15 is 0 Å². The molecule has 0 bridgehead atoms. The number of nitrogens with zero attached hydrogens (tertiary/aromatic N) is 3. The normalized spacial score (nSPS) is 17.8. The summed E-state index contributed by atoms with van der Waals surface area (Å²) in [5.74, 6) is -0.280. The maximum Gasteiger partial charge on any atom is 0.271 e. The van der Waals surface area contributed by atoms with Crippen molar-refractivity contribution in [3.05, 3.63) is 36.3 Å². The highest BCUT2D eigenvalue weighted by atomic mass is 16.2. The van der Waals surface area contributed by atoms with Gasteiger partial charge in [-0.25, -0.2) is 0 Å². The van der Waals surface area contributed by atoms with Crippen molar-refractivity contribution in [3.63, 3.8) is 0 Å². The zero-order valence-corrected chi connectivity index (χ0v) is 15.5. The van der Waals surface area contributed by atoms with Crippen molar-refractivity contribution in [2.75, 3.05) is 13.1 Å². The summed E-state index contributed by atoms with van der Waals surface area (Å²) in [6.07, 6.45) is 5.00. The van der Waals surface area contributed by atoms with Crippen LogP contribution in [0, 0.1) is 5.92 Å². The first-order valence-corrected chi connectivity index (χ1v) is 8.90. The van der Waals surface area contributed by atoms with Gasteiger partial charge in [0.15, 0.2) is 0 Å². The van der Waals surface area contributed by atoms with Gasteiger partial charge in [0.2, 0.25) is 5.91 Å². The summed E-state index contributed by atoms with van der Waals surface area (Å²) in [4.78, 5) is 31.0. The second-order valence-corrected chi connectivity index (χ2v) is 7.73. The van der Waals surface area contributed by atoms with Gasteiger partial charge in [0.1, 0.15) is 5.69 Å². The third-order valence-corrected chi connectivity index (χ3v) is 4.36. The predicted octanol–water partition coefficient (Wildman–Crippen LogP) is 2.24. The van der Waals surface area contributed by atoms with Crippen molar-refractivity contribution in [2.45, 2.75) is 39.2 Å². The number of H-pyrrole nitrogens is 1. The molecule has 2 aromatic heterocycles. The summed E-state index contributed by atoms with van der Waals surface area (Å²) in [7, 11) is 0. The van der Waals surface area contributed by atoms with Gasteiger partial charge in [0.25, 0.3) is 5.91 Å². The van der Waals surface area contributed by atoms with Crippen molar-refractivity contribution >= 4 is 11.8 Å². The summed E-state index contributed by atoms with van der Waals surface area (Å²) in [6.45, 7) is 6.97. The number of hydrogen-bond acceptors (Lipinski definition) is 4. The maximum atomic E-state index is 12.8. The molecule has 7 nitrogen and oxygen atoms in total. The van der Waals surface area contributed by atoms with Crippen molar-refractivity contribution in [1.29, 1.82) is 0 Å². The van der Waals surface area contributed by atoms with Gasteiger partial charge < -0.3 is 10.2 Å². The number of amides is 2.